The minimum Gasteiger partial charge on any atom is -0.341 e. The lowest BCUT2D eigenvalue weighted by atomic mass is 10.2. The fourth-order valence-corrected chi connectivity index (χ4v) is 3.03. The second-order valence-electron chi connectivity index (χ2n) is 6.14. The van der Waals surface area contributed by atoms with E-state index in [1.54, 1.807) is 30.3 Å². The molecule has 1 heterocycles. The molecule has 0 aliphatic carbocycles. The average Bonchev–Trinajstić information content (AvgIpc) is 2.66. The van der Waals surface area contributed by atoms with Gasteiger partial charge >= 0.3 is 0 Å². The molecule has 0 radical (unpaired) electrons. The van der Waals surface area contributed by atoms with Crippen molar-refractivity contribution >= 4 is 28.3 Å². The minimum atomic E-state index is -0.489. The molecule has 3 aromatic rings. The lowest BCUT2D eigenvalue weighted by Gasteiger charge is -2.18. The number of aromatic amines is 1. The van der Waals surface area contributed by atoms with E-state index in [-0.39, 0.29) is 41.6 Å². The van der Waals surface area contributed by atoms with Gasteiger partial charge in [0.15, 0.2) is 0 Å². The number of carbonyl (C=O) groups excluding carboxylic acids is 1. The number of benzene rings is 2. The van der Waals surface area contributed by atoms with Crippen LogP contribution in [-0.4, -0.2) is 27.6 Å². The van der Waals surface area contributed by atoms with Gasteiger partial charge in [0.1, 0.15) is 5.82 Å². The molecule has 6 nitrogen and oxygen atoms in total. The molecule has 3 rings (SSSR count). The van der Waals surface area contributed by atoms with Gasteiger partial charge in [-0.3, -0.25) is 19.5 Å². The molecule has 0 saturated carbocycles. The molecule has 0 bridgehead atoms. The molecular formula is C19H17ClFN3O3. The number of hydrogen-bond acceptors (Lipinski definition) is 3. The molecule has 0 fully saturated rings. The third-order valence-corrected chi connectivity index (χ3v) is 4.67. The van der Waals surface area contributed by atoms with Crippen LogP contribution in [0.25, 0.3) is 10.8 Å². The van der Waals surface area contributed by atoms with Crippen LogP contribution in [0.15, 0.2) is 52.1 Å². The Bertz CT molecular complexity index is 1100. The lowest BCUT2D eigenvalue weighted by Crippen LogP contribution is -2.33. The number of carbonyl (C=O) groups is 1. The summed E-state index contributed by atoms with van der Waals surface area (Å²) in [6.07, 6.45) is -0.0310. The summed E-state index contributed by atoms with van der Waals surface area (Å²) in [5.74, 6) is -0.799. The highest BCUT2D eigenvalue weighted by molar-refractivity contribution is 6.31. The van der Waals surface area contributed by atoms with Gasteiger partial charge in [-0.05, 0) is 24.3 Å². The molecule has 1 N–H and O–H groups in total. The molecule has 0 unspecified atom stereocenters. The van der Waals surface area contributed by atoms with Crippen LogP contribution in [-0.2, 0) is 17.9 Å². The van der Waals surface area contributed by atoms with E-state index in [0.717, 1.165) is 4.68 Å². The van der Waals surface area contributed by atoms with Gasteiger partial charge in [-0.25, -0.2) is 9.07 Å². The van der Waals surface area contributed by atoms with Crippen LogP contribution in [0.3, 0.4) is 0 Å². The SMILES string of the molecule is CN(Cc1c(F)cccc1Cl)C(=O)CCn1[nH]c(=O)c2ccccc2c1=O. The molecule has 1 amide bonds. The van der Waals surface area contributed by atoms with Gasteiger partial charge in [0.2, 0.25) is 5.91 Å². The quantitative estimate of drug-likeness (QED) is 0.728. The number of nitrogens with one attached hydrogen (secondary N) is 1. The van der Waals surface area contributed by atoms with E-state index in [9.17, 15) is 18.8 Å². The number of aromatic nitrogens is 2. The van der Waals surface area contributed by atoms with Crippen molar-refractivity contribution in [3.63, 3.8) is 0 Å². The predicted molar refractivity (Wildman–Crippen MR) is 101 cm³/mol. The van der Waals surface area contributed by atoms with Gasteiger partial charge in [0, 0.05) is 30.6 Å². The molecule has 0 atom stereocenters. The Kier molecular flexibility index (Phi) is 5.41. The highest BCUT2D eigenvalue weighted by Crippen LogP contribution is 2.20. The molecule has 140 valence electrons. The van der Waals surface area contributed by atoms with E-state index in [4.69, 9.17) is 11.6 Å². The number of halogens is 2. The summed E-state index contributed by atoms with van der Waals surface area (Å²) in [6.45, 7) is 0.0144. The van der Waals surface area contributed by atoms with E-state index < -0.39 is 11.4 Å². The van der Waals surface area contributed by atoms with Crippen LogP contribution in [0.4, 0.5) is 4.39 Å². The van der Waals surface area contributed by atoms with Crippen LogP contribution < -0.4 is 11.1 Å². The average molecular weight is 390 g/mol. The van der Waals surface area contributed by atoms with Crippen LogP contribution in [0.2, 0.25) is 5.02 Å². The summed E-state index contributed by atoms with van der Waals surface area (Å²) in [7, 11) is 1.52. The molecule has 2 aromatic carbocycles. The normalized spacial score (nSPS) is 10.9. The number of rotatable bonds is 5. The summed E-state index contributed by atoms with van der Waals surface area (Å²) in [6, 6.07) is 10.8. The summed E-state index contributed by atoms with van der Waals surface area (Å²) < 4.78 is 15.0. The largest absolute Gasteiger partial charge is 0.341 e. The number of fused-ring (bicyclic) bond motifs is 1. The minimum absolute atomic E-state index is 0.00703. The molecule has 0 spiro atoms. The monoisotopic (exact) mass is 389 g/mol. The highest BCUT2D eigenvalue weighted by atomic mass is 35.5. The van der Waals surface area contributed by atoms with Crippen LogP contribution in [0.1, 0.15) is 12.0 Å². The first-order chi connectivity index (χ1) is 12.9. The molecule has 8 heteroatoms. The number of aryl methyl sites for hydroxylation is 1. The summed E-state index contributed by atoms with van der Waals surface area (Å²) in [5.41, 5.74) is -0.548. The van der Waals surface area contributed by atoms with Crippen molar-refractivity contribution in [2.45, 2.75) is 19.5 Å². The Hall–Kier alpha value is -2.93. The van der Waals surface area contributed by atoms with E-state index in [0.29, 0.717) is 10.8 Å². The van der Waals surface area contributed by atoms with Gasteiger partial charge < -0.3 is 4.90 Å². The van der Waals surface area contributed by atoms with Gasteiger partial charge in [-0.15, -0.1) is 0 Å². The Labute approximate surface area is 158 Å². The van der Waals surface area contributed by atoms with Crippen molar-refractivity contribution in [2.24, 2.45) is 0 Å². The molecule has 0 aliphatic rings. The third kappa shape index (κ3) is 3.93. The summed E-state index contributed by atoms with van der Waals surface area (Å²) in [4.78, 5) is 38.2. The second kappa shape index (κ2) is 7.75. The maximum atomic E-state index is 13.9. The Morgan fingerprint density at radius 3 is 2.56 bits per heavy atom. The maximum Gasteiger partial charge on any atom is 0.273 e. The van der Waals surface area contributed by atoms with Gasteiger partial charge in [-0.1, -0.05) is 29.8 Å². The van der Waals surface area contributed by atoms with Crippen molar-refractivity contribution in [1.82, 2.24) is 14.7 Å². The van der Waals surface area contributed by atoms with E-state index in [1.165, 1.54) is 24.1 Å². The molecular weight excluding hydrogens is 373 g/mol. The lowest BCUT2D eigenvalue weighted by molar-refractivity contribution is -0.130. The third-order valence-electron chi connectivity index (χ3n) is 4.32. The van der Waals surface area contributed by atoms with Crippen LogP contribution >= 0.6 is 11.6 Å². The Balaban J connectivity index is 1.74. The first-order valence-electron chi connectivity index (χ1n) is 8.27. The first-order valence-corrected chi connectivity index (χ1v) is 8.65. The van der Waals surface area contributed by atoms with Crippen molar-refractivity contribution in [2.75, 3.05) is 7.05 Å². The standard InChI is InChI=1S/C19H17ClFN3O3/c1-23(11-14-15(20)7-4-8-16(14)21)17(25)9-10-24-19(27)13-6-3-2-5-12(13)18(26)22-24/h2-8H,9-11H2,1H3,(H,22,26). The zero-order chi connectivity index (χ0) is 19.6. The van der Waals surface area contributed by atoms with Crippen LogP contribution in [0, 0.1) is 5.82 Å². The molecule has 27 heavy (non-hydrogen) atoms. The van der Waals surface area contributed by atoms with Crippen LogP contribution in [0.5, 0.6) is 0 Å². The zero-order valence-electron chi connectivity index (χ0n) is 14.5. The summed E-state index contributed by atoms with van der Waals surface area (Å²) >= 11 is 5.98. The van der Waals surface area contributed by atoms with Crippen molar-refractivity contribution < 1.29 is 9.18 Å². The predicted octanol–water partition coefficient (Wildman–Crippen LogP) is 2.53. The fraction of sp³-hybridized carbons (Fsp3) is 0.211. The smallest absolute Gasteiger partial charge is 0.273 e. The zero-order valence-corrected chi connectivity index (χ0v) is 15.3. The topological polar surface area (TPSA) is 75.2 Å². The molecule has 0 saturated heterocycles. The first kappa shape index (κ1) is 18.8. The number of nitrogens with zero attached hydrogens (tertiary/aromatic N) is 2. The molecule has 0 aliphatic heterocycles. The van der Waals surface area contributed by atoms with Gasteiger partial charge in [0.25, 0.3) is 11.1 Å². The van der Waals surface area contributed by atoms with Crippen molar-refractivity contribution in [1.29, 1.82) is 0 Å². The molecule has 1 aromatic heterocycles. The van der Waals surface area contributed by atoms with Crippen molar-refractivity contribution in [3.05, 3.63) is 79.6 Å². The fourth-order valence-electron chi connectivity index (χ4n) is 2.81. The number of amides is 1. The van der Waals surface area contributed by atoms with E-state index in [1.807, 2.05) is 0 Å². The highest BCUT2D eigenvalue weighted by Gasteiger charge is 2.15. The van der Waals surface area contributed by atoms with Gasteiger partial charge in [-0.2, -0.15) is 0 Å². The van der Waals surface area contributed by atoms with Gasteiger partial charge in [0.05, 0.1) is 17.3 Å². The number of H-pyrrole nitrogens is 1. The van der Waals surface area contributed by atoms with E-state index >= 15 is 0 Å². The summed E-state index contributed by atoms with van der Waals surface area (Å²) in [5, 5.41) is 3.31. The van der Waals surface area contributed by atoms with E-state index in [2.05, 4.69) is 5.10 Å². The number of hydrogen-bond donors (Lipinski definition) is 1. The maximum absolute atomic E-state index is 13.9. The Morgan fingerprint density at radius 1 is 1.15 bits per heavy atom. The Morgan fingerprint density at radius 2 is 1.85 bits per heavy atom. The second-order valence-corrected chi connectivity index (χ2v) is 6.55. The van der Waals surface area contributed by atoms with Crippen molar-refractivity contribution in [3.8, 4) is 0 Å².